The second-order valence-electron chi connectivity index (χ2n) is 4.38. The van der Waals surface area contributed by atoms with Gasteiger partial charge < -0.3 is 20.3 Å². The summed E-state index contributed by atoms with van der Waals surface area (Å²) in [6.45, 7) is 1.37. The molecule has 1 aliphatic heterocycles. The Balaban J connectivity index is 0.00000200. The molecule has 0 saturated carbocycles. The maximum atomic E-state index is 12.2. The Morgan fingerprint density at radius 1 is 1.50 bits per heavy atom. The molecule has 0 saturated heterocycles. The molecule has 20 heavy (non-hydrogen) atoms. The Morgan fingerprint density at radius 2 is 2.25 bits per heavy atom. The summed E-state index contributed by atoms with van der Waals surface area (Å²) in [6, 6.07) is 5.05. The Kier molecular flexibility index (Phi) is 5.79. The predicted molar refractivity (Wildman–Crippen MR) is 78.7 cm³/mol. The second-order valence-corrected chi connectivity index (χ2v) is 4.38. The Hall–Kier alpha value is -1.79. The lowest BCUT2D eigenvalue weighted by Crippen LogP contribution is -2.33. The molecule has 2 N–H and O–H groups in total. The number of ether oxygens (including phenoxy) is 1. The van der Waals surface area contributed by atoms with Gasteiger partial charge in [0.25, 0.3) is 11.8 Å². The fourth-order valence-electron chi connectivity index (χ4n) is 1.82. The van der Waals surface area contributed by atoms with Crippen LogP contribution in [0.15, 0.2) is 18.2 Å². The monoisotopic (exact) mass is 299 g/mol. The van der Waals surface area contributed by atoms with Crippen LogP contribution in [-0.2, 0) is 4.79 Å². The van der Waals surface area contributed by atoms with Crippen molar-refractivity contribution >= 4 is 29.9 Å². The molecule has 2 amide bonds. The highest BCUT2D eigenvalue weighted by Crippen LogP contribution is 2.28. The van der Waals surface area contributed by atoms with Gasteiger partial charge in [-0.15, -0.1) is 12.4 Å². The molecular weight excluding hydrogens is 282 g/mol. The van der Waals surface area contributed by atoms with Crippen LogP contribution in [0.4, 0.5) is 5.69 Å². The van der Waals surface area contributed by atoms with E-state index in [-0.39, 0.29) is 30.8 Å². The molecule has 7 heteroatoms. The Morgan fingerprint density at radius 3 is 2.95 bits per heavy atom. The number of rotatable bonds is 4. The third-order valence-corrected chi connectivity index (χ3v) is 2.90. The van der Waals surface area contributed by atoms with Crippen molar-refractivity contribution in [3.8, 4) is 5.75 Å². The lowest BCUT2D eigenvalue weighted by atomic mass is 10.1. The molecule has 0 aliphatic carbocycles. The van der Waals surface area contributed by atoms with E-state index in [1.807, 2.05) is 7.05 Å². The van der Waals surface area contributed by atoms with Crippen molar-refractivity contribution in [1.82, 2.24) is 10.2 Å². The van der Waals surface area contributed by atoms with Crippen LogP contribution in [0.2, 0.25) is 0 Å². The molecule has 0 aromatic heterocycles. The van der Waals surface area contributed by atoms with E-state index in [1.165, 1.54) is 0 Å². The van der Waals surface area contributed by atoms with Gasteiger partial charge in [-0.05, 0) is 25.2 Å². The van der Waals surface area contributed by atoms with Crippen molar-refractivity contribution in [2.75, 3.05) is 39.1 Å². The first-order valence-corrected chi connectivity index (χ1v) is 6.08. The molecule has 2 rings (SSSR count). The highest BCUT2D eigenvalue weighted by molar-refractivity contribution is 5.99. The summed E-state index contributed by atoms with van der Waals surface area (Å²) in [5.74, 6) is 0.299. The third kappa shape index (κ3) is 3.61. The van der Waals surface area contributed by atoms with Gasteiger partial charge in [-0.3, -0.25) is 9.59 Å². The van der Waals surface area contributed by atoms with Crippen molar-refractivity contribution in [3.63, 3.8) is 0 Å². The smallest absolute Gasteiger partial charge is 0.262 e. The number of anilines is 1. The number of carbonyl (C=O) groups is 2. The van der Waals surface area contributed by atoms with Gasteiger partial charge >= 0.3 is 0 Å². The van der Waals surface area contributed by atoms with Gasteiger partial charge in [0.05, 0.1) is 5.69 Å². The summed E-state index contributed by atoms with van der Waals surface area (Å²) in [6.07, 6.45) is 0. The van der Waals surface area contributed by atoms with Crippen LogP contribution < -0.4 is 15.4 Å². The SMILES string of the molecule is CNCCN(C)C(=O)c1ccc2c(c1)NC(=O)CO2.Cl. The van der Waals surface area contributed by atoms with Gasteiger partial charge in [-0.1, -0.05) is 0 Å². The van der Waals surface area contributed by atoms with E-state index in [0.29, 0.717) is 23.5 Å². The zero-order chi connectivity index (χ0) is 13.8. The summed E-state index contributed by atoms with van der Waals surface area (Å²) < 4.78 is 5.25. The molecule has 0 spiro atoms. The number of hydrogen-bond acceptors (Lipinski definition) is 4. The molecule has 6 nitrogen and oxygen atoms in total. The van der Waals surface area contributed by atoms with Crippen molar-refractivity contribution in [2.24, 2.45) is 0 Å². The third-order valence-electron chi connectivity index (χ3n) is 2.90. The largest absolute Gasteiger partial charge is 0.482 e. The van der Waals surface area contributed by atoms with Gasteiger partial charge in [0.1, 0.15) is 5.75 Å². The first kappa shape index (κ1) is 16.3. The number of amides is 2. The second kappa shape index (κ2) is 7.12. The summed E-state index contributed by atoms with van der Waals surface area (Å²) in [5.41, 5.74) is 1.08. The van der Waals surface area contributed by atoms with Crippen LogP contribution in [0.25, 0.3) is 0 Å². The van der Waals surface area contributed by atoms with Crippen LogP contribution in [0.5, 0.6) is 5.75 Å². The zero-order valence-electron chi connectivity index (χ0n) is 11.4. The minimum absolute atomic E-state index is 0. The topological polar surface area (TPSA) is 70.7 Å². The van der Waals surface area contributed by atoms with Gasteiger partial charge in [0.15, 0.2) is 6.61 Å². The lowest BCUT2D eigenvalue weighted by molar-refractivity contribution is -0.118. The number of halogens is 1. The summed E-state index contributed by atoms with van der Waals surface area (Å²) in [4.78, 5) is 25.0. The van der Waals surface area contributed by atoms with E-state index in [2.05, 4.69) is 10.6 Å². The molecule has 0 fully saturated rings. The van der Waals surface area contributed by atoms with Gasteiger partial charge in [0.2, 0.25) is 0 Å². The van der Waals surface area contributed by atoms with Crippen LogP contribution >= 0.6 is 12.4 Å². The highest BCUT2D eigenvalue weighted by atomic mass is 35.5. The lowest BCUT2D eigenvalue weighted by Gasteiger charge is -2.20. The van der Waals surface area contributed by atoms with E-state index in [1.54, 1.807) is 30.1 Å². The average molecular weight is 300 g/mol. The van der Waals surface area contributed by atoms with Crippen LogP contribution in [0.1, 0.15) is 10.4 Å². The number of nitrogens with one attached hydrogen (secondary N) is 2. The number of carbonyl (C=O) groups excluding carboxylic acids is 2. The minimum Gasteiger partial charge on any atom is -0.482 e. The quantitative estimate of drug-likeness (QED) is 0.860. The number of fused-ring (bicyclic) bond motifs is 1. The number of likely N-dealkylation sites (N-methyl/N-ethyl adjacent to an activating group) is 2. The molecule has 0 unspecified atom stereocenters. The van der Waals surface area contributed by atoms with Gasteiger partial charge in [0, 0.05) is 25.7 Å². The maximum absolute atomic E-state index is 12.2. The van der Waals surface area contributed by atoms with Crippen molar-refractivity contribution < 1.29 is 14.3 Å². The van der Waals surface area contributed by atoms with Gasteiger partial charge in [-0.25, -0.2) is 0 Å². The molecule has 1 aromatic rings. The molecule has 0 bridgehead atoms. The van der Waals surface area contributed by atoms with E-state index >= 15 is 0 Å². The van der Waals surface area contributed by atoms with Crippen LogP contribution in [-0.4, -0.2) is 50.5 Å². The fourth-order valence-corrected chi connectivity index (χ4v) is 1.82. The Bertz CT molecular complexity index is 508. The van der Waals surface area contributed by atoms with Gasteiger partial charge in [-0.2, -0.15) is 0 Å². The zero-order valence-corrected chi connectivity index (χ0v) is 12.3. The highest BCUT2D eigenvalue weighted by Gasteiger charge is 2.19. The van der Waals surface area contributed by atoms with Crippen molar-refractivity contribution in [3.05, 3.63) is 23.8 Å². The molecule has 1 aromatic carbocycles. The molecule has 1 heterocycles. The predicted octanol–water partition coefficient (Wildman–Crippen LogP) is 0.731. The van der Waals surface area contributed by atoms with E-state index in [0.717, 1.165) is 6.54 Å². The molecule has 0 radical (unpaired) electrons. The number of nitrogens with zero attached hydrogens (tertiary/aromatic N) is 1. The van der Waals surface area contributed by atoms with Crippen LogP contribution in [0, 0.1) is 0 Å². The number of hydrogen-bond donors (Lipinski definition) is 2. The van der Waals surface area contributed by atoms with Crippen molar-refractivity contribution in [2.45, 2.75) is 0 Å². The normalized spacial score (nSPS) is 12.6. The number of benzene rings is 1. The molecule has 1 aliphatic rings. The summed E-state index contributed by atoms with van der Waals surface area (Å²) >= 11 is 0. The fraction of sp³-hybridized carbons (Fsp3) is 0.385. The van der Waals surface area contributed by atoms with E-state index in [9.17, 15) is 9.59 Å². The summed E-state index contributed by atoms with van der Waals surface area (Å²) in [5, 5.41) is 5.68. The first-order valence-electron chi connectivity index (χ1n) is 6.08. The standard InChI is InChI=1S/C13H17N3O3.ClH/c1-14-5-6-16(2)13(18)9-3-4-11-10(7-9)15-12(17)8-19-11;/h3-4,7,14H,5-6,8H2,1-2H3,(H,15,17);1H. The maximum Gasteiger partial charge on any atom is 0.262 e. The summed E-state index contributed by atoms with van der Waals surface area (Å²) in [7, 11) is 3.58. The molecule has 0 atom stereocenters. The van der Waals surface area contributed by atoms with Crippen LogP contribution in [0.3, 0.4) is 0 Å². The molecule has 110 valence electrons. The molecular formula is C13H18ClN3O3. The Labute approximate surface area is 123 Å². The van der Waals surface area contributed by atoms with Crippen molar-refractivity contribution in [1.29, 1.82) is 0 Å². The minimum atomic E-state index is -0.208. The first-order chi connectivity index (χ1) is 9.11. The van der Waals surface area contributed by atoms with E-state index < -0.39 is 0 Å². The van der Waals surface area contributed by atoms with E-state index in [4.69, 9.17) is 4.74 Å². The average Bonchev–Trinajstić information content (AvgIpc) is 2.43.